The first-order chi connectivity index (χ1) is 15.5. The number of ether oxygens (including phenoxy) is 1. The number of carbonyl (C=O) groups excluding carboxylic acids is 1. The molecule has 0 aliphatic carbocycles. The Kier molecular flexibility index (Phi) is 5.53. The fourth-order valence-corrected chi connectivity index (χ4v) is 4.11. The van der Waals surface area contributed by atoms with E-state index in [0.717, 1.165) is 29.7 Å². The summed E-state index contributed by atoms with van der Waals surface area (Å²) in [7, 11) is 0. The van der Waals surface area contributed by atoms with Crippen molar-refractivity contribution in [3.8, 4) is 17.1 Å². The third kappa shape index (κ3) is 4.32. The Balaban J connectivity index is 1.26. The van der Waals surface area contributed by atoms with Crippen LogP contribution >= 0.6 is 11.6 Å². The molecule has 1 N–H and O–H groups in total. The molecule has 0 unspecified atom stereocenters. The van der Waals surface area contributed by atoms with E-state index in [1.165, 1.54) is 12.1 Å². The smallest absolute Gasteiger partial charge is 0.253 e. The topological polar surface area (TPSA) is 58.2 Å². The average molecular weight is 450 g/mol. The van der Waals surface area contributed by atoms with Gasteiger partial charge in [-0.1, -0.05) is 23.7 Å². The molecular weight excluding hydrogens is 429 g/mol. The molecule has 5 rings (SSSR count). The van der Waals surface area contributed by atoms with Crippen LogP contribution in [0.25, 0.3) is 22.4 Å². The number of benzene rings is 3. The number of halogens is 2. The predicted molar refractivity (Wildman–Crippen MR) is 122 cm³/mol. The van der Waals surface area contributed by atoms with Gasteiger partial charge < -0.3 is 14.6 Å². The van der Waals surface area contributed by atoms with Crippen LogP contribution in [0.4, 0.5) is 4.39 Å². The average Bonchev–Trinajstić information content (AvgIpc) is 3.24. The van der Waals surface area contributed by atoms with Crippen molar-refractivity contribution in [3.05, 3.63) is 83.1 Å². The minimum Gasteiger partial charge on any atom is -0.490 e. The summed E-state index contributed by atoms with van der Waals surface area (Å²) in [6.45, 7) is 1.26. The van der Waals surface area contributed by atoms with Crippen LogP contribution in [0.1, 0.15) is 23.2 Å². The van der Waals surface area contributed by atoms with Gasteiger partial charge in [-0.3, -0.25) is 4.79 Å². The Bertz CT molecular complexity index is 1260. The highest BCUT2D eigenvalue weighted by atomic mass is 35.5. The Morgan fingerprint density at radius 1 is 1.06 bits per heavy atom. The van der Waals surface area contributed by atoms with E-state index in [-0.39, 0.29) is 17.8 Å². The fraction of sp³-hybridized carbons (Fsp3) is 0.200. The first kappa shape index (κ1) is 20.5. The van der Waals surface area contributed by atoms with E-state index in [0.29, 0.717) is 35.0 Å². The van der Waals surface area contributed by atoms with Crippen LogP contribution in [0.2, 0.25) is 5.02 Å². The van der Waals surface area contributed by atoms with E-state index in [1.54, 1.807) is 18.2 Å². The zero-order valence-corrected chi connectivity index (χ0v) is 18.0. The molecule has 0 bridgehead atoms. The number of amides is 1. The second-order valence-electron chi connectivity index (χ2n) is 7.89. The van der Waals surface area contributed by atoms with Crippen LogP contribution < -0.4 is 4.74 Å². The third-order valence-corrected chi connectivity index (χ3v) is 5.93. The zero-order chi connectivity index (χ0) is 22.1. The largest absolute Gasteiger partial charge is 0.490 e. The first-order valence-corrected chi connectivity index (χ1v) is 10.9. The van der Waals surface area contributed by atoms with Gasteiger partial charge in [-0.15, -0.1) is 0 Å². The molecule has 7 heteroatoms. The second kappa shape index (κ2) is 8.63. The van der Waals surface area contributed by atoms with Gasteiger partial charge in [0.05, 0.1) is 11.0 Å². The summed E-state index contributed by atoms with van der Waals surface area (Å²) in [5.74, 6) is 1.05. The molecule has 0 spiro atoms. The molecule has 1 aliphatic heterocycles. The van der Waals surface area contributed by atoms with Crippen LogP contribution in [0.15, 0.2) is 66.7 Å². The lowest BCUT2D eigenvalue weighted by Crippen LogP contribution is -2.41. The van der Waals surface area contributed by atoms with Crippen LogP contribution in [0.3, 0.4) is 0 Å². The van der Waals surface area contributed by atoms with Crippen molar-refractivity contribution in [3.63, 3.8) is 0 Å². The zero-order valence-electron chi connectivity index (χ0n) is 17.2. The number of piperidine rings is 1. The number of H-pyrrole nitrogens is 1. The number of rotatable bonds is 4. The third-order valence-electron chi connectivity index (χ3n) is 5.67. The van der Waals surface area contributed by atoms with E-state index in [1.807, 2.05) is 41.3 Å². The highest BCUT2D eigenvalue weighted by Crippen LogP contribution is 2.25. The van der Waals surface area contributed by atoms with Crippen LogP contribution in [-0.2, 0) is 0 Å². The van der Waals surface area contributed by atoms with Crippen LogP contribution in [-0.4, -0.2) is 40.0 Å². The van der Waals surface area contributed by atoms with Crippen molar-refractivity contribution in [2.45, 2.75) is 18.9 Å². The number of aromatic nitrogens is 2. The van der Waals surface area contributed by atoms with Gasteiger partial charge >= 0.3 is 0 Å². The summed E-state index contributed by atoms with van der Waals surface area (Å²) < 4.78 is 19.5. The summed E-state index contributed by atoms with van der Waals surface area (Å²) in [5, 5.41) is 0.676. The number of imidazole rings is 1. The summed E-state index contributed by atoms with van der Waals surface area (Å²) in [4.78, 5) is 22.6. The molecule has 0 saturated carbocycles. The number of hydrogen-bond donors (Lipinski definition) is 1. The van der Waals surface area contributed by atoms with Gasteiger partial charge in [0.2, 0.25) is 0 Å². The van der Waals surface area contributed by atoms with Gasteiger partial charge in [0.15, 0.2) is 0 Å². The molecule has 0 radical (unpaired) electrons. The first-order valence-electron chi connectivity index (χ1n) is 10.5. The second-order valence-corrected chi connectivity index (χ2v) is 8.33. The van der Waals surface area contributed by atoms with Gasteiger partial charge in [0.1, 0.15) is 23.5 Å². The standard InChI is InChI=1S/C25H21ClFN3O2/c26-18-4-7-20(8-5-18)32-21-10-12-30(13-11-21)25(31)17-3-1-2-16(14-17)24-28-22-9-6-19(27)15-23(22)29-24/h1-9,14-15,21H,10-13H2,(H,28,29). The molecule has 1 fully saturated rings. The monoisotopic (exact) mass is 449 g/mol. The molecule has 2 heterocycles. The number of likely N-dealkylation sites (tertiary alicyclic amines) is 1. The maximum absolute atomic E-state index is 13.5. The lowest BCUT2D eigenvalue weighted by Gasteiger charge is -2.32. The molecule has 1 aliphatic rings. The quantitative estimate of drug-likeness (QED) is 0.434. The van der Waals surface area contributed by atoms with Crippen molar-refractivity contribution in [1.82, 2.24) is 14.9 Å². The maximum Gasteiger partial charge on any atom is 0.253 e. The molecular formula is C25H21ClFN3O2. The van der Waals surface area contributed by atoms with Crippen molar-refractivity contribution >= 4 is 28.5 Å². The van der Waals surface area contributed by atoms with E-state index >= 15 is 0 Å². The van der Waals surface area contributed by atoms with Gasteiger partial charge in [-0.2, -0.15) is 0 Å². The number of nitrogens with one attached hydrogen (secondary N) is 1. The summed E-state index contributed by atoms with van der Waals surface area (Å²) >= 11 is 5.92. The SMILES string of the molecule is O=C(c1cccc(-c2nc3cc(F)ccc3[nH]2)c1)N1CCC(Oc2ccc(Cl)cc2)CC1. The molecule has 0 atom stereocenters. The molecule has 4 aromatic rings. The van der Waals surface area contributed by atoms with E-state index < -0.39 is 0 Å². The number of carbonyl (C=O) groups is 1. The summed E-state index contributed by atoms with van der Waals surface area (Å²) in [5.41, 5.74) is 2.69. The lowest BCUT2D eigenvalue weighted by atomic mass is 10.0. The number of aromatic amines is 1. The highest BCUT2D eigenvalue weighted by Gasteiger charge is 2.25. The summed E-state index contributed by atoms with van der Waals surface area (Å²) in [6, 6.07) is 19.1. The Morgan fingerprint density at radius 3 is 2.62 bits per heavy atom. The van der Waals surface area contributed by atoms with Gasteiger partial charge in [0, 0.05) is 48.1 Å². The van der Waals surface area contributed by atoms with Gasteiger partial charge in [-0.05, 0) is 48.5 Å². The Hall–Kier alpha value is -3.38. The predicted octanol–water partition coefficient (Wildman–Crippen LogP) is 5.71. The molecule has 32 heavy (non-hydrogen) atoms. The number of nitrogens with zero attached hydrogens (tertiary/aromatic N) is 2. The summed E-state index contributed by atoms with van der Waals surface area (Å²) in [6.07, 6.45) is 1.61. The molecule has 1 amide bonds. The van der Waals surface area contributed by atoms with E-state index in [9.17, 15) is 9.18 Å². The highest BCUT2D eigenvalue weighted by molar-refractivity contribution is 6.30. The van der Waals surface area contributed by atoms with Gasteiger partial charge in [0.25, 0.3) is 5.91 Å². The van der Waals surface area contributed by atoms with Crippen molar-refractivity contribution < 1.29 is 13.9 Å². The van der Waals surface area contributed by atoms with E-state index in [2.05, 4.69) is 9.97 Å². The van der Waals surface area contributed by atoms with E-state index in [4.69, 9.17) is 16.3 Å². The number of hydrogen-bond acceptors (Lipinski definition) is 3. The fourth-order valence-electron chi connectivity index (χ4n) is 3.98. The Labute approximate surface area is 189 Å². The molecule has 1 saturated heterocycles. The minimum absolute atomic E-state index is 0.0149. The lowest BCUT2D eigenvalue weighted by molar-refractivity contribution is 0.0595. The van der Waals surface area contributed by atoms with Crippen LogP contribution in [0, 0.1) is 5.82 Å². The van der Waals surface area contributed by atoms with Crippen molar-refractivity contribution in [2.24, 2.45) is 0 Å². The number of fused-ring (bicyclic) bond motifs is 1. The Morgan fingerprint density at radius 2 is 1.84 bits per heavy atom. The molecule has 162 valence electrons. The normalized spacial score (nSPS) is 14.6. The molecule has 1 aromatic heterocycles. The molecule has 3 aromatic carbocycles. The minimum atomic E-state index is -0.331. The van der Waals surface area contributed by atoms with Crippen molar-refractivity contribution in [1.29, 1.82) is 0 Å². The van der Waals surface area contributed by atoms with Crippen LogP contribution in [0.5, 0.6) is 5.75 Å². The van der Waals surface area contributed by atoms with Crippen molar-refractivity contribution in [2.75, 3.05) is 13.1 Å². The maximum atomic E-state index is 13.5. The molecule has 5 nitrogen and oxygen atoms in total. The van der Waals surface area contributed by atoms with Gasteiger partial charge in [-0.25, -0.2) is 9.37 Å².